The summed E-state index contributed by atoms with van der Waals surface area (Å²) in [5.74, 6) is 0.339. The third kappa shape index (κ3) is 3.77. The second kappa shape index (κ2) is 7.25. The lowest BCUT2D eigenvalue weighted by atomic mass is 9.90. The number of nitrogens with one attached hydrogen (secondary N) is 1. The molecule has 1 aromatic rings. The highest BCUT2D eigenvalue weighted by molar-refractivity contribution is 5.86. The number of rotatable bonds is 7. The van der Waals surface area contributed by atoms with Gasteiger partial charge in [-0.05, 0) is 36.8 Å². The number of fused-ring (bicyclic) bond motifs is 1. The van der Waals surface area contributed by atoms with E-state index in [-0.39, 0.29) is 6.04 Å². The number of unbranched alkanes of at least 4 members (excludes halogenated alkanes) is 3. The van der Waals surface area contributed by atoms with Gasteiger partial charge in [-0.15, -0.1) is 6.58 Å². The van der Waals surface area contributed by atoms with Crippen LogP contribution in [0.25, 0.3) is 0 Å². The first-order chi connectivity index (χ1) is 9.33. The van der Waals surface area contributed by atoms with Crippen molar-refractivity contribution in [2.75, 3.05) is 6.54 Å². The average molecular weight is 257 g/mol. The second-order valence-corrected chi connectivity index (χ2v) is 5.19. The Morgan fingerprint density at radius 1 is 1.32 bits per heavy atom. The molecule has 0 spiro atoms. The number of Topliss-reactive ketones (excluding diaryl/α,β-unsaturated/α-hetero) is 1. The number of carbonyl (C=O) groups excluding carboxylic acids is 1. The Morgan fingerprint density at radius 2 is 2.16 bits per heavy atom. The van der Waals surface area contributed by atoms with E-state index in [1.54, 1.807) is 0 Å². The van der Waals surface area contributed by atoms with Crippen molar-refractivity contribution in [3.63, 3.8) is 0 Å². The summed E-state index contributed by atoms with van der Waals surface area (Å²) in [4.78, 5) is 12.3. The molecular formula is C17H23NO. The highest BCUT2D eigenvalue weighted by atomic mass is 16.1. The predicted octanol–water partition coefficient (Wildman–Crippen LogP) is 3.58. The van der Waals surface area contributed by atoms with Gasteiger partial charge in [0, 0.05) is 13.0 Å². The van der Waals surface area contributed by atoms with E-state index in [1.807, 2.05) is 12.1 Å². The third-order valence-corrected chi connectivity index (χ3v) is 3.76. The van der Waals surface area contributed by atoms with Crippen LogP contribution in [0.2, 0.25) is 0 Å². The molecule has 0 aliphatic carbocycles. The Hall–Kier alpha value is -1.41. The van der Waals surface area contributed by atoms with Gasteiger partial charge in [-0.3, -0.25) is 4.79 Å². The minimum atomic E-state index is -0.0793. The third-order valence-electron chi connectivity index (χ3n) is 3.76. The fourth-order valence-electron chi connectivity index (χ4n) is 2.70. The molecule has 1 atom stereocenters. The van der Waals surface area contributed by atoms with Gasteiger partial charge in [-0.2, -0.15) is 0 Å². The predicted molar refractivity (Wildman–Crippen MR) is 79.2 cm³/mol. The summed E-state index contributed by atoms with van der Waals surface area (Å²) in [6, 6.07) is 8.23. The Bertz CT molecular complexity index is 439. The molecule has 0 fully saturated rings. The molecule has 0 amide bonds. The maximum absolute atomic E-state index is 12.3. The van der Waals surface area contributed by atoms with Crippen LogP contribution in [0.3, 0.4) is 0 Å². The average Bonchev–Trinajstić information content (AvgIpc) is 2.46. The SMILES string of the molecule is C=CCCCCCC(=O)C1NCCc2ccccc21. The first kappa shape index (κ1) is 14.0. The van der Waals surface area contributed by atoms with Crippen molar-refractivity contribution in [3.8, 4) is 0 Å². The minimum absolute atomic E-state index is 0.0793. The Kier molecular flexibility index (Phi) is 5.34. The molecule has 1 heterocycles. The van der Waals surface area contributed by atoms with Crippen molar-refractivity contribution in [1.29, 1.82) is 0 Å². The van der Waals surface area contributed by atoms with Gasteiger partial charge in [0.25, 0.3) is 0 Å². The number of ketones is 1. The Morgan fingerprint density at radius 3 is 3.00 bits per heavy atom. The zero-order chi connectivity index (χ0) is 13.5. The van der Waals surface area contributed by atoms with Crippen LogP contribution in [0, 0.1) is 0 Å². The lowest BCUT2D eigenvalue weighted by molar-refractivity contribution is -0.121. The van der Waals surface area contributed by atoms with Crippen LogP contribution >= 0.6 is 0 Å². The zero-order valence-electron chi connectivity index (χ0n) is 11.5. The van der Waals surface area contributed by atoms with E-state index in [9.17, 15) is 4.79 Å². The molecule has 0 bridgehead atoms. The van der Waals surface area contributed by atoms with Gasteiger partial charge in [-0.1, -0.05) is 36.8 Å². The number of carbonyl (C=O) groups is 1. The van der Waals surface area contributed by atoms with E-state index in [2.05, 4.69) is 30.1 Å². The molecule has 1 aliphatic rings. The highest BCUT2D eigenvalue weighted by Crippen LogP contribution is 2.24. The van der Waals surface area contributed by atoms with Crippen molar-refractivity contribution in [2.24, 2.45) is 0 Å². The number of benzene rings is 1. The molecule has 2 rings (SSSR count). The summed E-state index contributed by atoms with van der Waals surface area (Å²) < 4.78 is 0. The van der Waals surface area contributed by atoms with Crippen LogP contribution in [0.15, 0.2) is 36.9 Å². The molecule has 102 valence electrons. The first-order valence-corrected chi connectivity index (χ1v) is 7.27. The Balaban J connectivity index is 1.88. The lowest BCUT2D eigenvalue weighted by Crippen LogP contribution is -2.35. The molecule has 1 aromatic carbocycles. The molecule has 1 unspecified atom stereocenters. The van der Waals surface area contributed by atoms with E-state index in [0.717, 1.165) is 38.6 Å². The van der Waals surface area contributed by atoms with Crippen molar-refractivity contribution >= 4 is 5.78 Å². The van der Waals surface area contributed by atoms with Crippen molar-refractivity contribution in [2.45, 2.75) is 44.6 Å². The van der Waals surface area contributed by atoms with Gasteiger partial charge in [0.15, 0.2) is 5.78 Å². The molecule has 19 heavy (non-hydrogen) atoms. The van der Waals surface area contributed by atoms with Crippen LogP contribution in [-0.4, -0.2) is 12.3 Å². The van der Waals surface area contributed by atoms with Crippen LogP contribution in [0.1, 0.15) is 49.3 Å². The van der Waals surface area contributed by atoms with Gasteiger partial charge >= 0.3 is 0 Å². The summed E-state index contributed by atoms with van der Waals surface area (Å²) >= 11 is 0. The maximum atomic E-state index is 12.3. The van der Waals surface area contributed by atoms with Gasteiger partial charge in [0.05, 0.1) is 6.04 Å². The molecule has 0 saturated heterocycles. The van der Waals surface area contributed by atoms with Crippen LogP contribution < -0.4 is 5.32 Å². The monoisotopic (exact) mass is 257 g/mol. The van der Waals surface area contributed by atoms with Crippen LogP contribution in [-0.2, 0) is 11.2 Å². The molecule has 1 aliphatic heterocycles. The quantitative estimate of drug-likeness (QED) is 0.597. The minimum Gasteiger partial charge on any atom is -0.303 e. The fourth-order valence-corrected chi connectivity index (χ4v) is 2.70. The number of allylic oxidation sites excluding steroid dienone is 1. The molecule has 0 radical (unpaired) electrons. The molecule has 0 aromatic heterocycles. The lowest BCUT2D eigenvalue weighted by Gasteiger charge is -2.25. The van der Waals surface area contributed by atoms with E-state index >= 15 is 0 Å². The van der Waals surface area contributed by atoms with Crippen LogP contribution in [0.5, 0.6) is 0 Å². The maximum Gasteiger partial charge on any atom is 0.154 e. The highest BCUT2D eigenvalue weighted by Gasteiger charge is 2.24. The molecule has 0 saturated carbocycles. The largest absolute Gasteiger partial charge is 0.303 e. The van der Waals surface area contributed by atoms with Gasteiger partial charge in [0.1, 0.15) is 0 Å². The summed E-state index contributed by atoms with van der Waals surface area (Å²) in [7, 11) is 0. The standard InChI is InChI=1S/C17H23NO/c1-2-3-4-5-6-11-16(19)17-15-10-8-7-9-14(15)12-13-18-17/h2,7-10,17-18H,1,3-6,11-13H2. The molecule has 2 nitrogen and oxygen atoms in total. The number of hydrogen-bond donors (Lipinski definition) is 1. The zero-order valence-corrected chi connectivity index (χ0v) is 11.5. The van der Waals surface area contributed by atoms with Crippen molar-refractivity contribution in [1.82, 2.24) is 5.32 Å². The van der Waals surface area contributed by atoms with E-state index in [1.165, 1.54) is 11.1 Å². The van der Waals surface area contributed by atoms with E-state index in [4.69, 9.17) is 0 Å². The van der Waals surface area contributed by atoms with Gasteiger partial charge < -0.3 is 5.32 Å². The smallest absolute Gasteiger partial charge is 0.154 e. The van der Waals surface area contributed by atoms with E-state index < -0.39 is 0 Å². The van der Waals surface area contributed by atoms with Crippen molar-refractivity contribution < 1.29 is 4.79 Å². The van der Waals surface area contributed by atoms with Crippen molar-refractivity contribution in [3.05, 3.63) is 48.0 Å². The summed E-state index contributed by atoms with van der Waals surface area (Å²) in [5.41, 5.74) is 2.51. The summed E-state index contributed by atoms with van der Waals surface area (Å²) in [5, 5.41) is 3.36. The summed E-state index contributed by atoms with van der Waals surface area (Å²) in [6.07, 6.45) is 7.96. The van der Waals surface area contributed by atoms with E-state index in [0.29, 0.717) is 12.2 Å². The normalized spacial score (nSPS) is 17.8. The molecular weight excluding hydrogens is 234 g/mol. The van der Waals surface area contributed by atoms with Gasteiger partial charge in [-0.25, -0.2) is 0 Å². The number of hydrogen-bond acceptors (Lipinski definition) is 2. The molecule has 2 heteroatoms. The molecule has 1 N–H and O–H groups in total. The Labute approximate surface area is 115 Å². The van der Waals surface area contributed by atoms with Crippen LogP contribution in [0.4, 0.5) is 0 Å². The first-order valence-electron chi connectivity index (χ1n) is 7.27. The topological polar surface area (TPSA) is 29.1 Å². The fraction of sp³-hybridized carbons (Fsp3) is 0.471. The summed E-state index contributed by atoms with van der Waals surface area (Å²) in [6.45, 7) is 4.62. The van der Waals surface area contributed by atoms with Gasteiger partial charge in [0.2, 0.25) is 0 Å². The second-order valence-electron chi connectivity index (χ2n) is 5.19.